The van der Waals surface area contributed by atoms with E-state index < -0.39 is 0 Å². The predicted molar refractivity (Wildman–Crippen MR) is 72.1 cm³/mol. The lowest BCUT2D eigenvalue weighted by molar-refractivity contribution is 0.480. The monoisotopic (exact) mass is 239 g/mol. The van der Waals surface area contributed by atoms with Gasteiger partial charge in [0.05, 0.1) is 11.2 Å². The molecule has 18 heavy (non-hydrogen) atoms. The minimum Gasteiger partial charge on any atom is -0.320 e. The molecule has 1 aromatic carbocycles. The molecule has 0 bridgehead atoms. The zero-order valence-corrected chi connectivity index (χ0v) is 10.8. The highest BCUT2D eigenvalue weighted by molar-refractivity contribution is 5.56. The Hall–Kier alpha value is -1.74. The third kappa shape index (κ3) is 1.81. The maximum atomic E-state index is 6.27. The van der Waals surface area contributed by atoms with Gasteiger partial charge >= 0.3 is 0 Å². The summed E-state index contributed by atoms with van der Waals surface area (Å²) in [6.45, 7) is 4.12. The Kier molecular flexibility index (Phi) is 2.45. The van der Waals surface area contributed by atoms with E-state index in [4.69, 9.17) is 5.73 Å². The van der Waals surface area contributed by atoms with Gasteiger partial charge in [-0.1, -0.05) is 29.8 Å². The SMILES string of the molecule is Cc1ccc(-c2ncc3c(n2)C(C)(N)CC3)cc1. The summed E-state index contributed by atoms with van der Waals surface area (Å²) in [6.07, 6.45) is 3.86. The second-order valence-corrected chi connectivity index (χ2v) is 5.35. The van der Waals surface area contributed by atoms with E-state index in [1.807, 2.05) is 13.1 Å². The van der Waals surface area contributed by atoms with Gasteiger partial charge in [-0.05, 0) is 32.3 Å². The van der Waals surface area contributed by atoms with Crippen molar-refractivity contribution in [3.8, 4) is 11.4 Å². The van der Waals surface area contributed by atoms with E-state index in [0.29, 0.717) is 0 Å². The molecule has 3 heteroatoms. The van der Waals surface area contributed by atoms with E-state index in [1.54, 1.807) is 0 Å². The predicted octanol–water partition coefficient (Wildman–Crippen LogP) is 2.57. The highest BCUT2D eigenvalue weighted by atomic mass is 14.9. The quantitative estimate of drug-likeness (QED) is 0.832. The van der Waals surface area contributed by atoms with Gasteiger partial charge in [-0.3, -0.25) is 0 Å². The molecule has 2 N–H and O–H groups in total. The summed E-state index contributed by atoms with van der Waals surface area (Å²) in [5.74, 6) is 0.771. The van der Waals surface area contributed by atoms with Crippen LogP contribution in [0.4, 0.5) is 0 Å². The number of hydrogen-bond acceptors (Lipinski definition) is 3. The topological polar surface area (TPSA) is 51.8 Å². The van der Waals surface area contributed by atoms with Crippen LogP contribution in [0.5, 0.6) is 0 Å². The molecular formula is C15H17N3. The van der Waals surface area contributed by atoms with Gasteiger partial charge in [0, 0.05) is 11.8 Å². The van der Waals surface area contributed by atoms with Gasteiger partial charge in [-0.15, -0.1) is 0 Å². The van der Waals surface area contributed by atoms with E-state index in [9.17, 15) is 0 Å². The molecule has 3 nitrogen and oxygen atoms in total. The largest absolute Gasteiger partial charge is 0.320 e. The molecule has 1 heterocycles. The van der Waals surface area contributed by atoms with E-state index >= 15 is 0 Å². The maximum absolute atomic E-state index is 6.27. The smallest absolute Gasteiger partial charge is 0.159 e. The van der Waals surface area contributed by atoms with Crippen LogP contribution in [-0.2, 0) is 12.0 Å². The van der Waals surface area contributed by atoms with Crippen LogP contribution in [0.2, 0.25) is 0 Å². The molecule has 1 atom stereocenters. The van der Waals surface area contributed by atoms with Crippen molar-refractivity contribution in [2.24, 2.45) is 5.73 Å². The summed E-state index contributed by atoms with van der Waals surface area (Å²) in [5.41, 5.74) is 10.4. The summed E-state index contributed by atoms with van der Waals surface area (Å²) in [6, 6.07) is 8.26. The Balaban J connectivity index is 2.08. The first kappa shape index (κ1) is 11.4. The van der Waals surface area contributed by atoms with Gasteiger partial charge in [0.1, 0.15) is 0 Å². The van der Waals surface area contributed by atoms with E-state index in [0.717, 1.165) is 29.9 Å². The molecule has 1 aliphatic carbocycles. The number of rotatable bonds is 1. The number of nitrogens with zero attached hydrogens (tertiary/aromatic N) is 2. The first-order valence-corrected chi connectivity index (χ1v) is 6.28. The lowest BCUT2D eigenvalue weighted by Gasteiger charge is -2.17. The average Bonchev–Trinajstić information content (AvgIpc) is 2.66. The summed E-state index contributed by atoms with van der Waals surface area (Å²) in [4.78, 5) is 9.12. The lowest BCUT2D eigenvalue weighted by atomic mass is 10.0. The van der Waals surface area contributed by atoms with E-state index in [-0.39, 0.29) is 5.54 Å². The fourth-order valence-corrected chi connectivity index (χ4v) is 2.44. The Morgan fingerprint density at radius 3 is 2.67 bits per heavy atom. The van der Waals surface area contributed by atoms with Crippen molar-refractivity contribution in [1.82, 2.24) is 9.97 Å². The number of benzene rings is 1. The van der Waals surface area contributed by atoms with Crippen LogP contribution in [0.3, 0.4) is 0 Å². The minimum atomic E-state index is -0.308. The first-order valence-electron chi connectivity index (χ1n) is 6.28. The molecule has 3 rings (SSSR count). The van der Waals surface area contributed by atoms with Crippen molar-refractivity contribution in [3.63, 3.8) is 0 Å². The van der Waals surface area contributed by atoms with E-state index in [2.05, 4.69) is 41.2 Å². The van der Waals surface area contributed by atoms with Crippen LogP contribution in [0, 0.1) is 6.92 Å². The summed E-state index contributed by atoms with van der Waals surface area (Å²) in [7, 11) is 0. The summed E-state index contributed by atoms with van der Waals surface area (Å²) >= 11 is 0. The van der Waals surface area contributed by atoms with Crippen LogP contribution in [0.1, 0.15) is 30.2 Å². The maximum Gasteiger partial charge on any atom is 0.159 e. The molecule has 0 spiro atoms. The van der Waals surface area contributed by atoms with Crippen molar-refractivity contribution in [2.45, 2.75) is 32.2 Å². The van der Waals surface area contributed by atoms with Crippen molar-refractivity contribution >= 4 is 0 Å². The molecule has 0 amide bonds. The summed E-state index contributed by atoms with van der Waals surface area (Å²) in [5, 5.41) is 0. The number of nitrogens with two attached hydrogens (primary N) is 1. The minimum absolute atomic E-state index is 0.308. The van der Waals surface area contributed by atoms with Crippen molar-refractivity contribution in [1.29, 1.82) is 0 Å². The Labute approximate surface area is 107 Å². The molecule has 0 saturated carbocycles. The normalized spacial score (nSPS) is 21.9. The highest BCUT2D eigenvalue weighted by Crippen LogP contribution is 2.33. The zero-order valence-electron chi connectivity index (χ0n) is 10.8. The van der Waals surface area contributed by atoms with E-state index in [1.165, 1.54) is 11.1 Å². The van der Waals surface area contributed by atoms with Crippen LogP contribution >= 0.6 is 0 Å². The van der Waals surface area contributed by atoms with Crippen LogP contribution in [0.15, 0.2) is 30.5 Å². The number of hydrogen-bond donors (Lipinski definition) is 1. The van der Waals surface area contributed by atoms with Gasteiger partial charge in [0.15, 0.2) is 5.82 Å². The van der Waals surface area contributed by atoms with Crippen LogP contribution < -0.4 is 5.73 Å². The Bertz CT molecular complexity index is 585. The molecule has 1 unspecified atom stereocenters. The Morgan fingerprint density at radius 1 is 1.22 bits per heavy atom. The van der Waals surface area contributed by atoms with Gasteiger partial charge in [0.2, 0.25) is 0 Å². The van der Waals surface area contributed by atoms with Gasteiger partial charge < -0.3 is 5.73 Å². The lowest BCUT2D eigenvalue weighted by Crippen LogP contribution is -2.31. The number of aryl methyl sites for hydroxylation is 2. The molecule has 0 radical (unpaired) electrons. The third-order valence-electron chi connectivity index (χ3n) is 3.63. The number of aromatic nitrogens is 2. The fourth-order valence-electron chi connectivity index (χ4n) is 2.44. The zero-order chi connectivity index (χ0) is 12.8. The van der Waals surface area contributed by atoms with Crippen molar-refractivity contribution in [2.75, 3.05) is 0 Å². The second kappa shape index (κ2) is 3.89. The molecule has 0 fully saturated rings. The second-order valence-electron chi connectivity index (χ2n) is 5.35. The molecule has 0 aliphatic heterocycles. The average molecular weight is 239 g/mol. The molecule has 0 saturated heterocycles. The number of fused-ring (bicyclic) bond motifs is 1. The highest BCUT2D eigenvalue weighted by Gasteiger charge is 2.32. The van der Waals surface area contributed by atoms with Gasteiger partial charge in [-0.2, -0.15) is 0 Å². The molecular weight excluding hydrogens is 222 g/mol. The third-order valence-corrected chi connectivity index (χ3v) is 3.63. The van der Waals surface area contributed by atoms with Crippen LogP contribution in [0.25, 0.3) is 11.4 Å². The van der Waals surface area contributed by atoms with Gasteiger partial charge in [0.25, 0.3) is 0 Å². The molecule has 2 aromatic rings. The first-order chi connectivity index (χ1) is 8.56. The Morgan fingerprint density at radius 2 is 1.94 bits per heavy atom. The summed E-state index contributed by atoms with van der Waals surface area (Å²) < 4.78 is 0. The standard InChI is InChI=1S/C15H17N3/c1-10-3-5-11(6-4-10)14-17-9-12-7-8-15(2,16)13(12)18-14/h3-6,9H,7-8,16H2,1-2H3. The van der Waals surface area contributed by atoms with Crippen molar-refractivity contribution in [3.05, 3.63) is 47.3 Å². The van der Waals surface area contributed by atoms with Gasteiger partial charge in [-0.25, -0.2) is 9.97 Å². The van der Waals surface area contributed by atoms with Crippen molar-refractivity contribution < 1.29 is 0 Å². The molecule has 1 aliphatic rings. The molecule has 92 valence electrons. The fraction of sp³-hybridized carbons (Fsp3) is 0.333. The molecule has 1 aromatic heterocycles. The van der Waals surface area contributed by atoms with Crippen LogP contribution in [-0.4, -0.2) is 9.97 Å².